The van der Waals surface area contributed by atoms with Gasteiger partial charge in [-0.3, -0.25) is 0 Å². The topological polar surface area (TPSA) is 16.4 Å². The number of hydrogen-bond donors (Lipinski definition) is 0. The van der Waals surface area contributed by atoms with Crippen molar-refractivity contribution in [2.45, 2.75) is 19.3 Å². The van der Waals surface area contributed by atoms with Crippen molar-refractivity contribution < 1.29 is 4.42 Å². The van der Waals surface area contributed by atoms with E-state index in [0.717, 1.165) is 33.3 Å². The Morgan fingerprint density at radius 1 is 0.447 bits per heavy atom. The normalized spacial score (nSPS) is 13.1. The summed E-state index contributed by atoms with van der Waals surface area (Å²) in [4.78, 5) is 2.43. The summed E-state index contributed by atoms with van der Waals surface area (Å²) >= 11 is 0. The standard InChI is InChI=1S/C45H33NO/c1-45(2)39-18-8-6-17-37(39)44-40(45)19-11-20-41(44)46(35-15-10-14-32(28-35)30-12-4-3-5-13-30)34-25-22-31(23-26-34)33-24-27-43-38(29-33)36-16-7-9-21-42(36)47-43/h3-29H,1-2H3. The lowest BCUT2D eigenvalue weighted by atomic mass is 9.82. The lowest BCUT2D eigenvalue weighted by Crippen LogP contribution is -2.16. The Hall–Kier alpha value is -5.86. The Morgan fingerprint density at radius 2 is 1.09 bits per heavy atom. The molecule has 0 saturated carbocycles. The van der Waals surface area contributed by atoms with Crippen LogP contribution in [-0.4, -0.2) is 0 Å². The predicted octanol–water partition coefficient (Wildman–Crippen LogP) is 12.7. The van der Waals surface area contributed by atoms with Crippen LogP contribution in [0.1, 0.15) is 25.0 Å². The van der Waals surface area contributed by atoms with Gasteiger partial charge >= 0.3 is 0 Å². The van der Waals surface area contributed by atoms with Gasteiger partial charge < -0.3 is 9.32 Å². The van der Waals surface area contributed by atoms with Gasteiger partial charge in [-0.1, -0.05) is 129 Å². The van der Waals surface area contributed by atoms with Gasteiger partial charge in [0.15, 0.2) is 0 Å². The molecular formula is C45H33NO. The van der Waals surface area contributed by atoms with Gasteiger partial charge in [0.1, 0.15) is 11.2 Å². The maximum absolute atomic E-state index is 6.10. The summed E-state index contributed by atoms with van der Waals surface area (Å²) in [7, 11) is 0. The molecule has 0 unspecified atom stereocenters. The summed E-state index contributed by atoms with van der Waals surface area (Å²) in [5.41, 5.74) is 15.3. The largest absolute Gasteiger partial charge is 0.456 e. The zero-order valence-corrected chi connectivity index (χ0v) is 26.4. The molecule has 0 N–H and O–H groups in total. The quantitative estimate of drug-likeness (QED) is 0.195. The van der Waals surface area contributed by atoms with Crippen molar-refractivity contribution >= 4 is 39.0 Å². The van der Waals surface area contributed by atoms with E-state index in [1.54, 1.807) is 0 Å². The van der Waals surface area contributed by atoms with Crippen LogP contribution in [-0.2, 0) is 5.41 Å². The summed E-state index contributed by atoms with van der Waals surface area (Å²) in [6, 6.07) is 59.0. The van der Waals surface area contributed by atoms with Crippen LogP contribution >= 0.6 is 0 Å². The smallest absolute Gasteiger partial charge is 0.135 e. The molecule has 0 bridgehead atoms. The van der Waals surface area contributed by atoms with E-state index in [9.17, 15) is 0 Å². The van der Waals surface area contributed by atoms with Crippen LogP contribution in [0.2, 0.25) is 0 Å². The molecule has 0 spiro atoms. The molecule has 0 saturated heterocycles. The predicted molar refractivity (Wildman–Crippen MR) is 197 cm³/mol. The molecule has 2 nitrogen and oxygen atoms in total. The van der Waals surface area contributed by atoms with Gasteiger partial charge in [-0.25, -0.2) is 0 Å². The van der Waals surface area contributed by atoms with E-state index >= 15 is 0 Å². The molecular weight excluding hydrogens is 571 g/mol. The molecule has 1 aliphatic rings. The fourth-order valence-corrected chi connectivity index (χ4v) is 7.51. The van der Waals surface area contributed by atoms with Crippen LogP contribution in [0.25, 0.3) is 55.3 Å². The highest BCUT2D eigenvalue weighted by Gasteiger charge is 2.37. The van der Waals surface area contributed by atoms with Gasteiger partial charge in [-0.15, -0.1) is 0 Å². The third-order valence-electron chi connectivity index (χ3n) is 9.87. The van der Waals surface area contributed by atoms with E-state index < -0.39 is 0 Å². The van der Waals surface area contributed by atoms with Crippen molar-refractivity contribution in [2.75, 3.05) is 4.90 Å². The van der Waals surface area contributed by atoms with Gasteiger partial charge in [-0.2, -0.15) is 0 Å². The first kappa shape index (κ1) is 27.5. The molecule has 0 radical (unpaired) electrons. The number of benzene rings is 7. The molecule has 1 aliphatic carbocycles. The fraction of sp³-hybridized carbons (Fsp3) is 0.0667. The molecule has 8 aromatic rings. The van der Waals surface area contributed by atoms with E-state index in [0.29, 0.717) is 0 Å². The minimum atomic E-state index is -0.0841. The summed E-state index contributed by atoms with van der Waals surface area (Å²) in [5.74, 6) is 0. The minimum absolute atomic E-state index is 0.0841. The minimum Gasteiger partial charge on any atom is -0.456 e. The molecule has 1 heterocycles. The Kier molecular flexibility index (Phi) is 6.20. The number of hydrogen-bond acceptors (Lipinski definition) is 2. The first-order valence-electron chi connectivity index (χ1n) is 16.3. The van der Waals surface area contributed by atoms with Gasteiger partial charge in [0.05, 0.1) is 5.69 Å². The van der Waals surface area contributed by atoms with E-state index in [4.69, 9.17) is 4.42 Å². The molecule has 224 valence electrons. The van der Waals surface area contributed by atoms with E-state index in [-0.39, 0.29) is 5.41 Å². The van der Waals surface area contributed by atoms with Crippen LogP contribution in [0, 0.1) is 0 Å². The Bertz CT molecular complexity index is 2430. The monoisotopic (exact) mass is 603 g/mol. The molecule has 0 atom stereocenters. The van der Waals surface area contributed by atoms with Crippen LogP contribution in [0.3, 0.4) is 0 Å². The Balaban J connectivity index is 1.21. The van der Waals surface area contributed by atoms with Crippen LogP contribution < -0.4 is 4.90 Å². The lowest BCUT2D eigenvalue weighted by molar-refractivity contribution is 0.660. The van der Waals surface area contributed by atoms with Crippen molar-refractivity contribution in [3.63, 3.8) is 0 Å². The molecule has 2 heteroatoms. The van der Waals surface area contributed by atoms with Crippen LogP contribution in [0.5, 0.6) is 0 Å². The average molecular weight is 604 g/mol. The average Bonchev–Trinajstić information content (AvgIpc) is 3.61. The highest BCUT2D eigenvalue weighted by molar-refractivity contribution is 6.06. The maximum atomic E-state index is 6.10. The number of anilines is 3. The first-order chi connectivity index (χ1) is 23.1. The molecule has 1 aromatic heterocycles. The highest BCUT2D eigenvalue weighted by atomic mass is 16.3. The van der Waals surface area contributed by atoms with E-state index in [1.165, 1.54) is 50.2 Å². The summed E-state index contributed by atoms with van der Waals surface area (Å²) in [6.45, 7) is 4.69. The van der Waals surface area contributed by atoms with E-state index in [2.05, 4.69) is 170 Å². The van der Waals surface area contributed by atoms with E-state index in [1.807, 2.05) is 12.1 Å². The number of furan rings is 1. The van der Waals surface area contributed by atoms with Crippen molar-refractivity contribution in [1.82, 2.24) is 0 Å². The maximum Gasteiger partial charge on any atom is 0.135 e. The third-order valence-corrected chi connectivity index (χ3v) is 9.87. The number of fused-ring (bicyclic) bond motifs is 6. The highest BCUT2D eigenvalue weighted by Crippen LogP contribution is 2.54. The molecule has 9 rings (SSSR count). The zero-order valence-electron chi connectivity index (χ0n) is 26.4. The second-order valence-electron chi connectivity index (χ2n) is 13.0. The first-order valence-corrected chi connectivity index (χ1v) is 16.3. The molecule has 0 amide bonds. The Morgan fingerprint density at radius 3 is 1.96 bits per heavy atom. The number of para-hydroxylation sites is 1. The number of nitrogens with zero attached hydrogens (tertiary/aromatic N) is 1. The van der Waals surface area contributed by atoms with Gasteiger partial charge in [0.2, 0.25) is 0 Å². The summed E-state index contributed by atoms with van der Waals surface area (Å²) in [6.07, 6.45) is 0. The SMILES string of the molecule is CC1(C)c2ccccc2-c2c(N(c3ccc(-c4ccc5oc6ccccc6c5c4)cc3)c3cccc(-c4ccccc4)c3)cccc21. The molecule has 0 fully saturated rings. The second kappa shape index (κ2) is 10.6. The second-order valence-corrected chi connectivity index (χ2v) is 13.0. The van der Waals surface area contributed by atoms with Crippen molar-refractivity contribution in [3.8, 4) is 33.4 Å². The summed E-state index contributed by atoms with van der Waals surface area (Å²) in [5, 5.41) is 2.29. The zero-order chi connectivity index (χ0) is 31.5. The lowest BCUT2D eigenvalue weighted by Gasteiger charge is -2.29. The third kappa shape index (κ3) is 4.40. The van der Waals surface area contributed by atoms with Crippen LogP contribution in [0.15, 0.2) is 168 Å². The molecule has 7 aromatic carbocycles. The van der Waals surface area contributed by atoms with Gasteiger partial charge in [0, 0.05) is 33.1 Å². The van der Waals surface area contributed by atoms with Crippen molar-refractivity contribution in [1.29, 1.82) is 0 Å². The summed E-state index contributed by atoms with van der Waals surface area (Å²) < 4.78 is 6.10. The Labute approximate surface area is 275 Å². The van der Waals surface area contributed by atoms with Crippen molar-refractivity contribution in [2.24, 2.45) is 0 Å². The molecule has 0 aliphatic heterocycles. The van der Waals surface area contributed by atoms with Crippen LogP contribution in [0.4, 0.5) is 17.1 Å². The van der Waals surface area contributed by atoms with Gasteiger partial charge in [-0.05, 0) is 87.5 Å². The molecule has 47 heavy (non-hydrogen) atoms. The van der Waals surface area contributed by atoms with Crippen molar-refractivity contribution in [3.05, 3.63) is 175 Å². The van der Waals surface area contributed by atoms with Gasteiger partial charge in [0.25, 0.3) is 0 Å². The fourth-order valence-electron chi connectivity index (χ4n) is 7.51. The number of rotatable bonds is 5.